The van der Waals surface area contributed by atoms with Crippen LogP contribution in [0.15, 0.2) is 62.6 Å². The summed E-state index contributed by atoms with van der Waals surface area (Å²) in [5, 5.41) is 0.546. The first-order valence-corrected chi connectivity index (χ1v) is 10.9. The van der Waals surface area contributed by atoms with Crippen LogP contribution in [-0.4, -0.2) is 20.3 Å². The number of benzene rings is 2. The van der Waals surface area contributed by atoms with Crippen LogP contribution in [0.3, 0.4) is 0 Å². The lowest BCUT2D eigenvalue weighted by Gasteiger charge is -2.27. The Morgan fingerprint density at radius 2 is 1.65 bits per heavy atom. The highest BCUT2D eigenvalue weighted by Gasteiger charge is 2.32. The summed E-state index contributed by atoms with van der Waals surface area (Å²) in [4.78, 5) is 26.2. The molecule has 7 heteroatoms. The number of hydrogen-bond acceptors (Lipinski definition) is 3. The summed E-state index contributed by atoms with van der Waals surface area (Å²) in [7, 11) is 3.25. The van der Waals surface area contributed by atoms with Gasteiger partial charge in [-0.05, 0) is 30.2 Å². The quantitative estimate of drug-likeness (QED) is 0.438. The third-order valence-electron chi connectivity index (χ3n) is 6.05. The molecule has 5 rings (SSSR count). The normalized spacial score (nSPS) is 15.9. The van der Waals surface area contributed by atoms with Crippen LogP contribution in [0.25, 0.3) is 22.2 Å². The highest BCUT2D eigenvalue weighted by atomic mass is 79.9. The fraction of sp³-hybridized carbons (Fsp3) is 0.250. The van der Waals surface area contributed by atoms with E-state index in [1.807, 2.05) is 43.3 Å². The molecule has 2 aromatic heterocycles. The average Bonchev–Trinajstić information content (AvgIpc) is 3.13. The second-order valence-electron chi connectivity index (χ2n) is 7.98. The predicted molar refractivity (Wildman–Crippen MR) is 125 cm³/mol. The second-order valence-corrected chi connectivity index (χ2v) is 8.90. The molecule has 0 aliphatic carbocycles. The van der Waals surface area contributed by atoms with Gasteiger partial charge < -0.3 is 9.30 Å². The van der Waals surface area contributed by atoms with E-state index in [9.17, 15) is 9.59 Å². The van der Waals surface area contributed by atoms with E-state index < -0.39 is 0 Å². The number of nitrogens with zero attached hydrogens (tertiary/aromatic N) is 3. The first-order valence-electron chi connectivity index (χ1n) is 10.1. The molecule has 0 saturated heterocycles. The Morgan fingerprint density at radius 3 is 2.32 bits per heavy atom. The van der Waals surface area contributed by atoms with Crippen LogP contribution >= 0.6 is 15.9 Å². The van der Waals surface area contributed by atoms with E-state index in [2.05, 4.69) is 32.6 Å². The van der Waals surface area contributed by atoms with Crippen molar-refractivity contribution in [3.8, 4) is 11.3 Å². The van der Waals surface area contributed by atoms with Gasteiger partial charge >= 0.3 is 5.69 Å². The van der Waals surface area contributed by atoms with Crippen molar-refractivity contribution in [3.63, 3.8) is 0 Å². The van der Waals surface area contributed by atoms with Crippen LogP contribution in [-0.2, 0) is 25.4 Å². The summed E-state index contributed by atoms with van der Waals surface area (Å²) in [6, 6.07) is 16.1. The van der Waals surface area contributed by atoms with Gasteiger partial charge in [0.25, 0.3) is 5.56 Å². The molecular weight excluding hydrogens is 458 g/mol. The molecule has 0 bridgehead atoms. The number of halogens is 1. The molecule has 2 aromatic carbocycles. The molecule has 0 spiro atoms. The second kappa shape index (κ2) is 7.35. The third kappa shape index (κ3) is 3.03. The number of aromatic nitrogens is 3. The van der Waals surface area contributed by atoms with Crippen LogP contribution in [0.1, 0.15) is 22.9 Å². The van der Waals surface area contributed by atoms with E-state index in [1.54, 1.807) is 11.6 Å². The molecule has 0 fully saturated rings. The van der Waals surface area contributed by atoms with Gasteiger partial charge in [-0.2, -0.15) is 0 Å². The summed E-state index contributed by atoms with van der Waals surface area (Å²) in [5.74, 6) is 0. The van der Waals surface area contributed by atoms with Crippen molar-refractivity contribution in [1.82, 2.24) is 13.7 Å². The van der Waals surface area contributed by atoms with E-state index in [0.29, 0.717) is 24.1 Å². The maximum absolute atomic E-state index is 13.4. The molecule has 6 nitrogen and oxygen atoms in total. The Kier molecular flexibility index (Phi) is 4.75. The Morgan fingerprint density at radius 1 is 0.968 bits per heavy atom. The van der Waals surface area contributed by atoms with Crippen LogP contribution in [0.5, 0.6) is 0 Å². The highest BCUT2D eigenvalue weighted by Crippen LogP contribution is 2.40. The van der Waals surface area contributed by atoms with Crippen LogP contribution < -0.4 is 11.2 Å². The maximum atomic E-state index is 13.4. The Bertz CT molecular complexity index is 1430. The standard InChI is InChI=1S/C24H22BrN3O3/c1-14-4-6-16(7-5-14)22-21-20-18(23(29)27(3)24(30)26(20)2)19(28(21)12-13-31-22)15-8-10-17(25)11-9-15/h4-11,22H,12-13H2,1-3H3. The van der Waals surface area contributed by atoms with Crippen molar-refractivity contribution < 1.29 is 4.74 Å². The molecule has 0 radical (unpaired) electrons. The maximum Gasteiger partial charge on any atom is 0.331 e. The van der Waals surface area contributed by atoms with Crippen LogP contribution in [0, 0.1) is 6.92 Å². The molecule has 0 N–H and O–H groups in total. The monoisotopic (exact) mass is 479 g/mol. The van der Waals surface area contributed by atoms with Gasteiger partial charge in [0.05, 0.1) is 28.9 Å². The minimum atomic E-state index is -0.362. The van der Waals surface area contributed by atoms with Gasteiger partial charge in [0.2, 0.25) is 0 Å². The van der Waals surface area contributed by atoms with Crippen LogP contribution in [0.4, 0.5) is 0 Å². The van der Waals surface area contributed by atoms with Gasteiger partial charge in [-0.3, -0.25) is 13.9 Å². The van der Waals surface area contributed by atoms with Crippen molar-refractivity contribution in [3.05, 3.63) is 90.7 Å². The van der Waals surface area contributed by atoms with E-state index in [4.69, 9.17) is 4.74 Å². The van der Waals surface area contributed by atoms with Gasteiger partial charge in [0.1, 0.15) is 6.10 Å². The van der Waals surface area contributed by atoms with E-state index in [-0.39, 0.29) is 17.4 Å². The molecule has 158 valence electrons. The fourth-order valence-corrected chi connectivity index (χ4v) is 4.75. The van der Waals surface area contributed by atoms with E-state index in [0.717, 1.165) is 32.6 Å². The Hall–Kier alpha value is -2.90. The summed E-state index contributed by atoms with van der Waals surface area (Å²) in [6.07, 6.45) is -0.362. The highest BCUT2D eigenvalue weighted by molar-refractivity contribution is 9.10. The third-order valence-corrected chi connectivity index (χ3v) is 6.58. The fourth-order valence-electron chi connectivity index (χ4n) is 4.48. The SMILES string of the molecule is Cc1ccc(C2OCCn3c(-c4ccc(Br)cc4)c4c(=O)n(C)c(=O)n(C)c4c32)cc1. The van der Waals surface area contributed by atoms with Crippen molar-refractivity contribution in [2.24, 2.45) is 14.1 Å². The van der Waals surface area contributed by atoms with Crippen LogP contribution in [0.2, 0.25) is 0 Å². The van der Waals surface area contributed by atoms with Crippen molar-refractivity contribution in [2.75, 3.05) is 6.61 Å². The van der Waals surface area contributed by atoms with Gasteiger partial charge in [0.15, 0.2) is 0 Å². The first-order chi connectivity index (χ1) is 14.9. The number of hydrogen-bond donors (Lipinski definition) is 0. The summed E-state index contributed by atoms with van der Waals surface area (Å²) >= 11 is 3.49. The smallest absolute Gasteiger partial charge is 0.331 e. The number of fused-ring (bicyclic) bond motifs is 3. The van der Waals surface area contributed by atoms with Gasteiger partial charge in [-0.25, -0.2) is 4.79 Å². The molecule has 4 aromatic rings. The molecule has 1 unspecified atom stereocenters. The zero-order chi connectivity index (χ0) is 21.9. The number of rotatable bonds is 2. The molecule has 31 heavy (non-hydrogen) atoms. The van der Waals surface area contributed by atoms with Gasteiger partial charge in [-0.15, -0.1) is 0 Å². The number of aryl methyl sites for hydroxylation is 2. The van der Waals surface area contributed by atoms with Gasteiger partial charge in [0, 0.05) is 25.1 Å². The minimum absolute atomic E-state index is 0.291. The summed E-state index contributed by atoms with van der Waals surface area (Å²) in [6.45, 7) is 3.17. The average molecular weight is 480 g/mol. The molecule has 1 aliphatic rings. The lowest BCUT2D eigenvalue weighted by Crippen LogP contribution is -2.37. The zero-order valence-electron chi connectivity index (χ0n) is 17.6. The summed E-state index contributed by atoms with van der Waals surface area (Å²) in [5.41, 5.74) is 4.77. The van der Waals surface area contributed by atoms with Gasteiger partial charge in [-0.1, -0.05) is 57.9 Å². The lowest BCUT2D eigenvalue weighted by atomic mass is 10.0. The Balaban J connectivity index is 1.93. The first kappa shape index (κ1) is 20.0. The van der Waals surface area contributed by atoms with Crippen molar-refractivity contribution >= 4 is 26.8 Å². The largest absolute Gasteiger partial charge is 0.365 e. The molecule has 3 heterocycles. The predicted octanol–water partition coefficient (Wildman–Crippen LogP) is 3.90. The molecule has 0 amide bonds. The van der Waals surface area contributed by atoms with E-state index >= 15 is 0 Å². The zero-order valence-corrected chi connectivity index (χ0v) is 19.1. The van der Waals surface area contributed by atoms with Crippen molar-refractivity contribution in [1.29, 1.82) is 0 Å². The topological polar surface area (TPSA) is 58.2 Å². The molecule has 1 atom stereocenters. The lowest BCUT2D eigenvalue weighted by molar-refractivity contribution is 0.0478. The molecule has 1 aliphatic heterocycles. The Labute approximate surface area is 187 Å². The summed E-state index contributed by atoms with van der Waals surface area (Å²) < 4.78 is 12.1. The molecule has 0 saturated carbocycles. The van der Waals surface area contributed by atoms with E-state index in [1.165, 1.54) is 11.6 Å². The minimum Gasteiger partial charge on any atom is -0.365 e. The van der Waals surface area contributed by atoms with Crippen molar-refractivity contribution in [2.45, 2.75) is 19.6 Å². The molecular formula is C24H22BrN3O3. The number of ether oxygens (including phenoxy) is 1.